The van der Waals surface area contributed by atoms with Gasteiger partial charge >= 0.3 is 5.97 Å². The number of aryl methyl sites for hydroxylation is 1. The molecule has 0 spiro atoms. The molecule has 1 heterocycles. The third-order valence-corrected chi connectivity index (χ3v) is 3.79. The third-order valence-electron chi connectivity index (χ3n) is 2.85. The van der Waals surface area contributed by atoms with Crippen molar-refractivity contribution < 1.29 is 14.3 Å². The van der Waals surface area contributed by atoms with E-state index in [4.69, 9.17) is 4.74 Å². The molecule has 0 aliphatic rings. The summed E-state index contributed by atoms with van der Waals surface area (Å²) in [5, 5.41) is 4.55. The summed E-state index contributed by atoms with van der Waals surface area (Å²) in [7, 11) is 0. The molecule has 2 rings (SSSR count). The fourth-order valence-corrected chi connectivity index (χ4v) is 2.45. The van der Waals surface area contributed by atoms with Gasteiger partial charge < -0.3 is 10.1 Å². The van der Waals surface area contributed by atoms with Crippen LogP contribution in [0.25, 0.3) is 0 Å². The summed E-state index contributed by atoms with van der Waals surface area (Å²) in [4.78, 5) is 24.3. The highest BCUT2D eigenvalue weighted by atomic mass is 32.1. The fourth-order valence-electron chi connectivity index (χ4n) is 1.74. The lowest BCUT2D eigenvalue weighted by atomic mass is 10.2. The van der Waals surface area contributed by atoms with E-state index >= 15 is 0 Å². The number of esters is 1. The van der Waals surface area contributed by atoms with E-state index in [1.807, 2.05) is 47.8 Å². The highest BCUT2D eigenvalue weighted by Gasteiger charge is 2.07. The van der Waals surface area contributed by atoms with Crippen molar-refractivity contribution in [3.05, 3.63) is 58.3 Å². The van der Waals surface area contributed by atoms with Crippen LogP contribution in [0.1, 0.15) is 16.9 Å². The van der Waals surface area contributed by atoms with Gasteiger partial charge in [-0.2, -0.15) is 0 Å². The Bertz CT molecular complexity index is 566. The second-order valence-electron chi connectivity index (χ2n) is 4.50. The second-order valence-corrected chi connectivity index (χ2v) is 5.53. The van der Waals surface area contributed by atoms with Gasteiger partial charge in [0.05, 0.1) is 0 Å². The second kappa shape index (κ2) is 8.21. The van der Waals surface area contributed by atoms with Crippen LogP contribution in [0.4, 0.5) is 0 Å². The summed E-state index contributed by atoms with van der Waals surface area (Å²) in [6, 6.07) is 13.4. The Labute approximate surface area is 127 Å². The normalized spacial score (nSPS) is 10.1. The molecule has 21 heavy (non-hydrogen) atoms. The van der Waals surface area contributed by atoms with Crippen molar-refractivity contribution in [3.63, 3.8) is 0 Å². The summed E-state index contributed by atoms with van der Waals surface area (Å²) in [6.07, 6.45) is 1.08. The Hall–Kier alpha value is -2.14. The zero-order chi connectivity index (χ0) is 14.9. The molecule has 1 N–H and O–H groups in total. The minimum Gasteiger partial charge on any atom is -0.460 e. The van der Waals surface area contributed by atoms with Crippen LogP contribution in [0, 0.1) is 0 Å². The molecule has 0 bridgehead atoms. The maximum atomic E-state index is 11.6. The molecule has 0 aliphatic carbocycles. The van der Waals surface area contributed by atoms with Crippen LogP contribution in [0.2, 0.25) is 0 Å². The minimum absolute atomic E-state index is 0.0872. The first-order chi connectivity index (χ1) is 10.2. The van der Waals surface area contributed by atoms with Crippen LogP contribution in [0.15, 0.2) is 47.8 Å². The van der Waals surface area contributed by atoms with Crippen LogP contribution < -0.4 is 5.32 Å². The third kappa shape index (κ3) is 5.79. The number of carbonyl (C=O) groups excluding carboxylic acids is 2. The van der Waals surface area contributed by atoms with Gasteiger partial charge in [0.15, 0.2) is 0 Å². The molecule has 0 saturated carbocycles. The van der Waals surface area contributed by atoms with E-state index in [2.05, 4.69) is 5.32 Å². The molecule has 0 radical (unpaired) electrons. The SMILES string of the molecule is O=C(CCc1cccs1)NCC(=O)OCc1ccccc1. The molecule has 0 atom stereocenters. The number of rotatable bonds is 7. The van der Waals surface area contributed by atoms with Crippen LogP contribution in [0.3, 0.4) is 0 Å². The quantitative estimate of drug-likeness (QED) is 0.800. The predicted molar refractivity (Wildman–Crippen MR) is 81.9 cm³/mol. The van der Waals surface area contributed by atoms with Crippen LogP contribution >= 0.6 is 11.3 Å². The van der Waals surface area contributed by atoms with E-state index in [1.165, 1.54) is 0 Å². The maximum absolute atomic E-state index is 11.6. The first-order valence-corrected chi connectivity index (χ1v) is 7.60. The van der Waals surface area contributed by atoms with Gasteiger partial charge in [0.25, 0.3) is 0 Å². The van der Waals surface area contributed by atoms with Gasteiger partial charge in [0.2, 0.25) is 5.91 Å². The number of hydrogen-bond donors (Lipinski definition) is 1. The molecular formula is C16H17NO3S. The van der Waals surface area contributed by atoms with Gasteiger partial charge in [-0.1, -0.05) is 36.4 Å². The molecule has 0 fully saturated rings. The van der Waals surface area contributed by atoms with Crippen LogP contribution in [-0.4, -0.2) is 18.4 Å². The monoisotopic (exact) mass is 303 g/mol. The lowest BCUT2D eigenvalue weighted by Crippen LogP contribution is -2.30. The summed E-state index contributed by atoms with van der Waals surface area (Å²) in [5.74, 6) is -0.566. The maximum Gasteiger partial charge on any atom is 0.325 e. The zero-order valence-electron chi connectivity index (χ0n) is 11.6. The molecule has 0 aliphatic heterocycles. The first-order valence-electron chi connectivity index (χ1n) is 6.72. The molecule has 2 aromatic rings. The molecule has 5 heteroatoms. The Morgan fingerprint density at radius 1 is 1.10 bits per heavy atom. The average Bonchev–Trinajstić information content (AvgIpc) is 3.03. The molecule has 0 unspecified atom stereocenters. The van der Waals surface area contributed by atoms with Crippen molar-refractivity contribution >= 4 is 23.2 Å². The Morgan fingerprint density at radius 3 is 2.62 bits per heavy atom. The summed E-state index contributed by atoms with van der Waals surface area (Å²) >= 11 is 1.62. The molecule has 110 valence electrons. The minimum atomic E-state index is -0.427. The van der Waals surface area contributed by atoms with Gasteiger partial charge in [-0.15, -0.1) is 11.3 Å². The van der Waals surface area contributed by atoms with Gasteiger partial charge in [0.1, 0.15) is 13.2 Å². The van der Waals surface area contributed by atoms with E-state index in [1.54, 1.807) is 11.3 Å². The zero-order valence-corrected chi connectivity index (χ0v) is 12.4. The van der Waals surface area contributed by atoms with Gasteiger partial charge in [-0.05, 0) is 23.4 Å². The highest BCUT2D eigenvalue weighted by Crippen LogP contribution is 2.10. The number of thiophene rings is 1. The summed E-state index contributed by atoms with van der Waals surface area (Å²) in [5.41, 5.74) is 0.926. The van der Waals surface area contributed by atoms with E-state index in [-0.39, 0.29) is 19.1 Å². The largest absolute Gasteiger partial charge is 0.460 e. The Morgan fingerprint density at radius 2 is 1.90 bits per heavy atom. The smallest absolute Gasteiger partial charge is 0.325 e. The molecule has 0 saturated heterocycles. The van der Waals surface area contributed by atoms with E-state index < -0.39 is 5.97 Å². The van der Waals surface area contributed by atoms with Crippen LogP contribution in [0.5, 0.6) is 0 Å². The lowest BCUT2D eigenvalue weighted by molar-refractivity contribution is -0.145. The van der Waals surface area contributed by atoms with Crippen LogP contribution in [-0.2, 0) is 27.4 Å². The van der Waals surface area contributed by atoms with Gasteiger partial charge in [-0.25, -0.2) is 0 Å². The molecule has 1 aromatic heterocycles. The highest BCUT2D eigenvalue weighted by molar-refractivity contribution is 7.09. The number of carbonyl (C=O) groups is 2. The van der Waals surface area contributed by atoms with Crippen molar-refractivity contribution in [1.82, 2.24) is 5.32 Å². The van der Waals surface area contributed by atoms with Crippen molar-refractivity contribution in [2.75, 3.05) is 6.54 Å². The number of benzene rings is 1. The average molecular weight is 303 g/mol. The molecular weight excluding hydrogens is 286 g/mol. The molecule has 1 amide bonds. The molecule has 1 aromatic carbocycles. The fraction of sp³-hybridized carbons (Fsp3) is 0.250. The number of nitrogens with one attached hydrogen (secondary N) is 1. The number of hydrogen-bond acceptors (Lipinski definition) is 4. The Balaban J connectivity index is 1.61. The Kier molecular flexibility index (Phi) is 5.97. The predicted octanol–water partition coefficient (Wildman–Crippen LogP) is 2.54. The van der Waals surface area contributed by atoms with Crippen molar-refractivity contribution in [1.29, 1.82) is 0 Å². The summed E-state index contributed by atoms with van der Waals surface area (Å²) in [6.45, 7) is 0.140. The number of amides is 1. The number of ether oxygens (including phenoxy) is 1. The summed E-state index contributed by atoms with van der Waals surface area (Å²) < 4.78 is 5.08. The van der Waals surface area contributed by atoms with Crippen molar-refractivity contribution in [2.24, 2.45) is 0 Å². The van der Waals surface area contributed by atoms with E-state index in [0.717, 1.165) is 10.4 Å². The standard InChI is InChI=1S/C16H17NO3S/c18-15(9-8-14-7-4-10-21-14)17-11-16(19)20-12-13-5-2-1-3-6-13/h1-7,10H,8-9,11-12H2,(H,17,18). The van der Waals surface area contributed by atoms with Gasteiger partial charge in [-0.3, -0.25) is 9.59 Å². The lowest BCUT2D eigenvalue weighted by Gasteiger charge is -2.06. The molecule has 4 nitrogen and oxygen atoms in total. The van der Waals surface area contributed by atoms with Crippen molar-refractivity contribution in [2.45, 2.75) is 19.4 Å². The first kappa shape index (κ1) is 15.3. The topological polar surface area (TPSA) is 55.4 Å². The van der Waals surface area contributed by atoms with E-state index in [0.29, 0.717) is 12.8 Å². The van der Waals surface area contributed by atoms with E-state index in [9.17, 15) is 9.59 Å². The van der Waals surface area contributed by atoms with Gasteiger partial charge in [0, 0.05) is 11.3 Å². The van der Waals surface area contributed by atoms with Crippen molar-refractivity contribution in [3.8, 4) is 0 Å².